The lowest BCUT2D eigenvalue weighted by Crippen LogP contribution is -2.40. The number of nitrogens with zero attached hydrogens (tertiary/aromatic N) is 1. The van der Waals surface area contributed by atoms with Gasteiger partial charge in [-0.15, -0.1) is 0 Å². The third kappa shape index (κ3) is 2.80. The first-order valence-electron chi connectivity index (χ1n) is 5.89. The first-order valence-corrected chi connectivity index (χ1v) is 7.71. The molecule has 1 aromatic rings. The zero-order chi connectivity index (χ0) is 14.9. The minimum atomic E-state index is -3.88. The Hall–Kier alpha value is -1.15. The van der Waals surface area contributed by atoms with Gasteiger partial charge < -0.3 is 9.84 Å². The number of rotatable bonds is 4. The summed E-state index contributed by atoms with van der Waals surface area (Å²) in [5.74, 6) is -1.18. The van der Waals surface area contributed by atoms with Crippen molar-refractivity contribution >= 4 is 27.6 Å². The van der Waals surface area contributed by atoms with Crippen molar-refractivity contribution in [3.05, 3.63) is 29.3 Å². The monoisotopic (exact) mass is 319 g/mol. The second kappa shape index (κ2) is 5.69. The van der Waals surface area contributed by atoms with E-state index in [1.54, 1.807) is 0 Å². The highest BCUT2D eigenvalue weighted by Crippen LogP contribution is 2.28. The van der Waals surface area contributed by atoms with Crippen LogP contribution in [0.2, 0.25) is 5.02 Å². The zero-order valence-corrected chi connectivity index (χ0v) is 12.3. The fourth-order valence-electron chi connectivity index (χ4n) is 2.17. The van der Waals surface area contributed by atoms with Crippen LogP contribution in [0.25, 0.3) is 0 Å². The molecule has 0 bridgehead atoms. The minimum absolute atomic E-state index is 0.0184. The molecule has 20 heavy (non-hydrogen) atoms. The molecule has 0 amide bonds. The average Bonchev–Trinajstić information content (AvgIpc) is 2.84. The highest BCUT2D eigenvalue weighted by molar-refractivity contribution is 7.89. The highest BCUT2D eigenvalue weighted by atomic mass is 35.5. The number of benzene rings is 1. The quantitative estimate of drug-likeness (QED) is 0.901. The van der Waals surface area contributed by atoms with Crippen molar-refractivity contribution in [2.75, 3.05) is 13.7 Å². The highest BCUT2D eigenvalue weighted by Gasteiger charge is 2.44. The van der Waals surface area contributed by atoms with Gasteiger partial charge in [-0.25, -0.2) is 8.42 Å². The molecule has 6 nitrogen and oxygen atoms in total. The summed E-state index contributed by atoms with van der Waals surface area (Å²) in [6, 6.07) is 4.51. The van der Waals surface area contributed by atoms with Gasteiger partial charge in [-0.05, 0) is 24.3 Å². The molecule has 1 aliphatic rings. The second-order valence-corrected chi connectivity index (χ2v) is 6.80. The number of methoxy groups -OCH3 is 1. The molecule has 0 saturated carbocycles. The van der Waals surface area contributed by atoms with Gasteiger partial charge in [0.1, 0.15) is 6.04 Å². The Morgan fingerprint density at radius 1 is 1.40 bits per heavy atom. The molecule has 1 N–H and O–H groups in total. The van der Waals surface area contributed by atoms with Crippen LogP contribution >= 0.6 is 11.6 Å². The van der Waals surface area contributed by atoms with E-state index in [1.807, 2.05) is 0 Å². The third-order valence-corrected chi connectivity index (χ3v) is 5.40. The third-order valence-electron chi connectivity index (χ3n) is 3.26. The second-order valence-electron chi connectivity index (χ2n) is 4.48. The smallest absolute Gasteiger partial charge is 0.322 e. The number of aliphatic carboxylic acids is 1. The maximum atomic E-state index is 12.5. The molecular weight excluding hydrogens is 306 g/mol. The van der Waals surface area contributed by atoms with E-state index >= 15 is 0 Å². The summed E-state index contributed by atoms with van der Waals surface area (Å²) in [5, 5.41) is 9.58. The van der Waals surface area contributed by atoms with Crippen molar-refractivity contribution < 1.29 is 23.1 Å². The molecule has 2 atom stereocenters. The molecule has 2 rings (SSSR count). The maximum Gasteiger partial charge on any atom is 0.322 e. The van der Waals surface area contributed by atoms with Crippen LogP contribution in [-0.2, 0) is 19.6 Å². The summed E-state index contributed by atoms with van der Waals surface area (Å²) in [5.41, 5.74) is 0. The van der Waals surface area contributed by atoms with E-state index in [1.165, 1.54) is 31.4 Å². The van der Waals surface area contributed by atoms with Crippen LogP contribution in [-0.4, -0.2) is 49.6 Å². The Bertz CT molecular complexity index is 601. The molecule has 1 fully saturated rings. The molecular formula is C12H14ClNO5S. The molecule has 0 radical (unpaired) electrons. The predicted molar refractivity (Wildman–Crippen MR) is 72.2 cm³/mol. The summed E-state index contributed by atoms with van der Waals surface area (Å²) >= 11 is 5.72. The molecule has 1 saturated heterocycles. The number of carbonyl (C=O) groups is 1. The Balaban J connectivity index is 2.37. The van der Waals surface area contributed by atoms with Gasteiger partial charge in [-0.1, -0.05) is 11.6 Å². The standard InChI is InChI=1S/C12H14ClNO5S/c1-19-9-6-11(12(15)16)14(7-9)20(17,18)10-4-2-8(13)3-5-10/h2-5,9,11H,6-7H2,1H3,(H,15,16). The van der Waals surface area contributed by atoms with Gasteiger partial charge in [0.2, 0.25) is 10.0 Å². The number of carboxylic acid groups (broad SMARTS) is 1. The Morgan fingerprint density at radius 3 is 2.50 bits per heavy atom. The van der Waals surface area contributed by atoms with Gasteiger partial charge in [-0.3, -0.25) is 4.79 Å². The first-order chi connectivity index (χ1) is 9.36. The van der Waals surface area contributed by atoms with Crippen LogP contribution in [0.15, 0.2) is 29.2 Å². The Kier molecular flexibility index (Phi) is 4.33. The molecule has 0 spiro atoms. The molecule has 1 aromatic carbocycles. The van der Waals surface area contributed by atoms with Crippen molar-refractivity contribution in [1.29, 1.82) is 0 Å². The van der Waals surface area contributed by atoms with Crippen molar-refractivity contribution in [3.63, 3.8) is 0 Å². The van der Waals surface area contributed by atoms with Gasteiger partial charge in [0.15, 0.2) is 0 Å². The predicted octanol–water partition coefficient (Wildman–Crippen LogP) is 1.20. The number of hydrogen-bond donors (Lipinski definition) is 1. The van der Waals surface area contributed by atoms with Gasteiger partial charge in [0.25, 0.3) is 0 Å². The normalized spacial score (nSPS) is 23.9. The van der Waals surface area contributed by atoms with E-state index in [-0.39, 0.29) is 17.9 Å². The first kappa shape index (κ1) is 15.2. The number of ether oxygens (including phenoxy) is 1. The summed E-state index contributed by atoms with van der Waals surface area (Å²) in [7, 11) is -2.45. The number of hydrogen-bond acceptors (Lipinski definition) is 4. The minimum Gasteiger partial charge on any atom is -0.480 e. The van der Waals surface area contributed by atoms with Crippen molar-refractivity contribution in [2.45, 2.75) is 23.5 Å². The molecule has 1 aliphatic heterocycles. The summed E-state index contributed by atoms with van der Waals surface area (Å²) in [6.45, 7) is 0.0262. The summed E-state index contributed by atoms with van der Waals surface area (Å²) in [4.78, 5) is 11.2. The van der Waals surface area contributed by atoms with Crippen LogP contribution in [0, 0.1) is 0 Å². The van der Waals surface area contributed by atoms with Gasteiger partial charge in [0, 0.05) is 25.1 Å². The van der Waals surface area contributed by atoms with E-state index < -0.39 is 28.1 Å². The van der Waals surface area contributed by atoms with E-state index in [2.05, 4.69) is 0 Å². The maximum absolute atomic E-state index is 12.5. The van der Waals surface area contributed by atoms with Gasteiger partial charge in [0.05, 0.1) is 11.0 Å². The summed E-state index contributed by atoms with van der Waals surface area (Å²) in [6.07, 6.45) is -0.281. The van der Waals surface area contributed by atoms with Crippen LogP contribution in [0.4, 0.5) is 0 Å². The van der Waals surface area contributed by atoms with E-state index in [0.29, 0.717) is 5.02 Å². The van der Waals surface area contributed by atoms with Crippen LogP contribution in [0.1, 0.15) is 6.42 Å². The molecule has 1 heterocycles. The molecule has 8 heteroatoms. The lowest BCUT2D eigenvalue weighted by Gasteiger charge is -2.20. The lowest BCUT2D eigenvalue weighted by atomic mass is 10.2. The van der Waals surface area contributed by atoms with E-state index in [4.69, 9.17) is 21.4 Å². The van der Waals surface area contributed by atoms with E-state index in [9.17, 15) is 13.2 Å². The van der Waals surface area contributed by atoms with Crippen molar-refractivity contribution in [3.8, 4) is 0 Å². The number of sulfonamides is 1. The SMILES string of the molecule is COC1CC(C(=O)O)N(S(=O)(=O)c2ccc(Cl)cc2)C1. The van der Waals surface area contributed by atoms with Gasteiger partial charge >= 0.3 is 5.97 Å². The van der Waals surface area contributed by atoms with Crippen LogP contribution in [0.5, 0.6) is 0 Å². The van der Waals surface area contributed by atoms with Crippen LogP contribution in [0.3, 0.4) is 0 Å². The van der Waals surface area contributed by atoms with E-state index in [0.717, 1.165) is 4.31 Å². The average molecular weight is 320 g/mol. The Labute approximate surface area is 122 Å². The molecule has 0 aliphatic carbocycles. The fourth-order valence-corrected chi connectivity index (χ4v) is 3.92. The largest absolute Gasteiger partial charge is 0.480 e. The van der Waals surface area contributed by atoms with Crippen molar-refractivity contribution in [2.24, 2.45) is 0 Å². The van der Waals surface area contributed by atoms with Crippen LogP contribution < -0.4 is 0 Å². The fraction of sp³-hybridized carbons (Fsp3) is 0.417. The Morgan fingerprint density at radius 2 is 2.00 bits per heavy atom. The van der Waals surface area contributed by atoms with Gasteiger partial charge in [-0.2, -0.15) is 4.31 Å². The zero-order valence-electron chi connectivity index (χ0n) is 10.7. The lowest BCUT2D eigenvalue weighted by molar-refractivity contribution is -0.140. The number of carboxylic acids is 1. The molecule has 110 valence electrons. The molecule has 2 unspecified atom stereocenters. The van der Waals surface area contributed by atoms with Crippen molar-refractivity contribution in [1.82, 2.24) is 4.31 Å². The topological polar surface area (TPSA) is 83.9 Å². The summed E-state index contributed by atoms with van der Waals surface area (Å²) < 4.78 is 31.0. The number of halogens is 1. The molecule has 0 aromatic heterocycles.